The lowest BCUT2D eigenvalue weighted by molar-refractivity contribution is -0.389. The second kappa shape index (κ2) is 3.53. The van der Waals surface area contributed by atoms with Crippen molar-refractivity contribution in [1.82, 2.24) is 9.97 Å². The molecule has 0 spiro atoms. The smallest absolute Gasteiger partial charge is 0.340 e. The van der Waals surface area contributed by atoms with E-state index >= 15 is 0 Å². The molecule has 2 unspecified atom stereocenters. The van der Waals surface area contributed by atoms with Gasteiger partial charge in [0.2, 0.25) is 0 Å². The van der Waals surface area contributed by atoms with E-state index in [4.69, 9.17) is 0 Å². The average Bonchev–Trinajstić information content (AvgIpc) is 2.50. The number of hydrogen-bond donors (Lipinski definition) is 2. The Morgan fingerprint density at radius 2 is 2.31 bits per heavy atom. The summed E-state index contributed by atoms with van der Waals surface area (Å²) in [6.45, 7) is 3.35. The Kier molecular flexibility index (Phi) is 2.62. The van der Waals surface area contributed by atoms with Crippen LogP contribution in [0.25, 0.3) is 0 Å². The molecule has 2 N–H and O–H groups in total. The molecule has 0 aliphatic carbocycles. The molecule has 0 saturated heterocycles. The first kappa shape index (κ1) is 9.66. The van der Waals surface area contributed by atoms with Crippen molar-refractivity contribution in [2.45, 2.75) is 25.9 Å². The summed E-state index contributed by atoms with van der Waals surface area (Å²) in [5, 5.41) is 19.5. The third-order valence-corrected chi connectivity index (χ3v) is 1.93. The SMILES string of the molecule is CC(O)C(C)c1ncc([N+](=O)[O-])[nH]1. The fraction of sp³-hybridized carbons (Fsp3) is 0.571. The number of H-pyrrole nitrogens is 1. The summed E-state index contributed by atoms with van der Waals surface area (Å²) in [6.07, 6.45) is 0.569. The van der Waals surface area contributed by atoms with Crippen LogP contribution < -0.4 is 0 Å². The van der Waals surface area contributed by atoms with Gasteiger partial charge >= 0.3 is 5.82 Å². The van der Waals surface area contributed by atoms with Crippen molar-refractivity contribution in [3.63, 3.8) is 0 Å². The third kappa shape index (κ3) is 2.03. The molecule has 6 nitrogen and oxygen atoms in total. The van der Waals surface area contributed by atoms with Crippen LogP contribution in [0.2, 0.25) is 0 Å². The Morgan fingerprint density at radius 1 is 1.69 bits per heavy atom. The highest BCUT2D eigenvalue weighted by Crippen LogP contribution is 2.17. The summed E-state index contributed by atoms with van der Waals surface area (Å²) >= 11 is 0. The topological polar surface area (TPSA) is 92.1 Å². The number of rotatable bonds is 3. The van der Waals surface area contributed by atoms with Crippen molar-refractivity contribution in [3.05, 3.63) is 22.1 Å². The molecule has 1 heterocycles. The molecule has 2 atom stereocenters. The molecule has 0 aliphatic rings. The minimum absolute atomic E-state index is 0.150. The van der Waals surface area contributed by atoms with Gasteiger partial charge in [-0.05, 0) is 11.8 Å². The van der Waals surface area contributed by atoms with Crippen LogP contribution in [0.3, 0.4) is 0 Å². The van der Waals surface area contributed by atoms with Gasteiger partial charge in [-0.2, -0.15) is 0 Å². The number of hydrogen-bond acceptors (Lipinski definition) is 4. The van der Waals surface area contributed by atoms with Gasteiger partial charge in [-0.25, -0.2) is 9.97 Å². The predicted molar refractivity (Wildman–Crippen MR) is 45.3 cm³/mol. The molecular formula is C7H11N3O3. The summed E-state index contributed by atoms with van der Waals surface area (Å²) < 4.78 is 0. The van der Waals surface area contributed by atoms with Crippen LogP contribution in [0, 0.1) is 10.1 Å². The lowest BCUT2D eigenvalue weighted by Crippen LogP contribution is -2.12. The van der Waals surface area contributed by atoms with Gasteiger partial charge in [-0.15, -0.1) is 0 Å². The van der Waals surface area contributed by atoms with E-state index in [-0.39, 0.29) is 11.7 Å². The molecule has 72 valence electrons. The van der Waals surface area contributed by atoms with Crippen molar-refractivity contribution < 1.29 is 10.0 Å². The molecule has 0 fully saturated rings. The predicted octanol–water partition coefficient (Wildman–Crippen LogP) is 0.802. The van der Waals surface area contributed by atoms with Crippen molar-refractivity contribution in [3.8, 4) is 0 Å². The molecule has 1 rings (SSSR count). The van der Waals surface area contributed by atoms with Gasteiger partial charge in [0.1, 0.15) is 6.20 Å². The number of aliphatic hydroxyl groups excluding tert-OH is 1. The molecule has 0 aliphatic heterocycles. The molecule has 1 aromatic heterocycles. The number of aliphatic hydroxyl groups is 1. The lowest BCUT2D eigenvalue weighted by atomic mass is 10.1. The Morgan fingerprint density at radius 3 is 2.69 bits per heavy atom. The number of nitrogens with zero attached hydrogens (tertiary/aromatic N) is 2. The molecule has 6 heteroatoms. The van der Waals surface area contributed by atoms with Crippen LogP contribution in [-0.4, -0.2) is 26.1 Å². The summed E-state index contributed by atoms with van der Waals surface area (Å²) in [4.78, 5) is 16.1. The molecule has 0 radical (unpaired) electrons. The first-order valence-corrected chi connectivity index (χ1v) is 3.89. The van der Waals surface area contributed by atoms with E-state index in [9.17, 15) is 15.2 Å². The largest absolute Gasteiger partial charge is 0.393 e. The Balaban J connectivity index is 2.85. The number of aromatic nitrogens is 2. The highest BCUT2D eigenvalue weighted by molar-refractivity contribution is 5.17. The van der Waals surface area contributed by atoms with Crippen LogP contribution in [0.15, 0.2) is 6.20 Å². The Bertz CT molecular complexity index is 308. The van der Waals surface area contributed by atoms with E-state index < -0.39 is 11.0 Å². The van der Waals surface area contributed by atoms with Crippen LogP contribution >= 0.6 is 0 Å². The van der Waals surface area contributed by atoms with Crippen LogP contribution in [0.5, 0.6) is 0 Å². The standard InChI is InChI=1S/C7H11N3O3/c1-4(5(2)11)7-8-3-6(9-7)10(12)13/h3-5,11H,1-2H3,(H,8,9). The van der Waals surface area contributed by atoms with Gasteiger partial charge in [0.25, 0.3) is 0 Å². The fourth-order valence-corrected chi connectivity index (χ4v) is 0.879. The van der Waals surface area contributed by atoms with Gasteiger partial charge in [0, 0.05) is 0 Å². The van der Waals surface area contributed by atoms with Crippen molar-refractivity contribution in [2.75, 3.05) is 0 Å². The quantitative estimate of drug-likeness (QED) is 0.538. The van der Waals surface area contributed by atoms with E-state index in [1.54, 1.807) is 13.8 Å². The van der Waals surface area contributed by atoms with Crippen LogP contribution in [0.1, 0.15) is 25.6 Å². The maximum Gasteiger partial charge on any atom is 0.340 e. The zero-order chi connectivity index (χ0) is 10.0. The van der Waals surface area contributed by atoms with Gasteiger partial charge in [0.15, 0.2) is 5.82 Å². The van der Waals surface area contributed by atoms with E-state index in [0.717, 1.165) is 6.20 Å². The van der Waals surface area contributed by atoms with Crippen LogP contribution in [0.4, 0.5) is 5.82 Å². The first-order chi connectivity index (χ1) is 6.02. The van der Waals surface area contributed by atoms with E-state index in [1.807, 2.05) is 0 Å². The van der Waals surface area contributed by atoms with E-state index in [0.29, 0.717) is 5.82 Å². The molecule has 0 saturated carbocycles. The normalized spacial score (nSPS) is 15.3. The Labute approximate surface area is 74.8 Å². The summed E-state index contributed by atoms with van der Waals surface area (Å²) in [7, 11) is 0. The number of imidazole rings is 1. The van der Waals surface area contributed by atoms with Gasteiger partial charge in [-0.3, -0.25) is 0 Å². The summed E-state index contributed by atoms with van der Waals surface area (Å²) in [5.74, 6) is 0.0536. The highest BCUT2D eigenvalue weighted by Gasteiger charge is 2.19. The van der Waals surface area contributed by atoms with E-state index in [2.05, 4.69) is 9.97 Å². The Hall–Kier alpha value is -1.43. The first-order valence-electron chi connectivity index (χ1n) is 3.89. The third-order valence-electron chi connectivity index (χ3n) is 1.93. The van der Waals surface area contributed by atoms with Crippen molar-refractivity contribution in [2.24, 2.45) is 0 Å². The average molecular weight is 185 g/mol. The van der Waals surface area contributed by atoms with Gasteiger partial charge in [0.05, 0.1) is 12.0 Å². The maximum atomic E-state index is 10.3. The minimum atomic E-state index is -0.578. The zero-order valence-corrected chi connectivity index (χ0v) is 7.39. The number of nitro groups is 1. The monoisotopic (exact) mass is 185 g/mol. The molecule has 0 amide bonds. The fourth-order valence-electron chi connectivity index (χ4n) is 0.879. The van der Waals surface area contributed by atoms with Crippen molar-refractivity contribution in [1.29, 1.82) is 0 Å². The number of nitrogens with one attached hydrogen (secondary N) is 1. The highest BCUT2D eigenvalue weighted by atomic mass is 16.6. The molecule has 0 bridgehead atoms. The summed E-state index contributed by atoms with van der Waals surface area (Å²) in [5.41, 5.74) is 0. The summed E-state index contributed by atoms with van der Waals surface area (Å²) in [6, 6.07) is 0. The van der Waals surface area contributed by atoms with E-state index in [1.165, 1.54) is 0 Å². The van der Waals surface area contributed by atoms with Crippen molar-refractivity contribution >= 4 is 5.82 Å². The number of aromatic amines is 1. The van der Waals surface area contributed by atoms with Gasteiger partial charge in [-0.1, -0.05) is 6.92 Å². The van der Waals surface area contributed by atoms with Crippen LogP contribution in [-0.2, 0) is 0 Å². The second-order valence-corrected chi connectivity index (χ2v) is 2.94. The molecular weight excluding hydrogens is 174 g/mol. The minimum Gasteiger partial charge on any atom is -0.393 e. The molecule has 0 aromatic carbocycles. The lowest BCUT2D eigenvalue weighted by Gasteiger charge is -2.07. The zero-order valence-electron chi connectivity index (χ0n) is 7.39. The molecule has 13 heavy (non-hydrogen) atoms. The maximum absolute atomic E-state index is 10.3. The molecule has 1 aromatic rings. The van der Waals surface area contributed by atoms with Gasteiger partial charge < -0.3 is 15.2 Å². The second-order valence-electron chi connectivity index (χ2n) is 2.94.